The molecule has 2 atom stereocenters. The van der Waals surface area contributed by atoms with Crippen LogP contribution in [0.25, 0.3) is 0 Å². The summed E-state index contributed by atoms with van der Waals surface area (Å²) in [5, 5.41) is 4.24. The minimum atomic E-state index is -0.700. The lowest BCUT2D eigenvalue weighted by atomic mass is 9.93. The van der Waals surface area contributed by atoms with Crippen molar-refractivity contribution in [1.29, 1.82) is 0 Å². The average Bonchev–Trinajstić information content (AvgIpc) is 2.66. The van der Waals surface area contributed by atoms with Crippen LogP contribution in [0.15, 0.2) is 12.3 Å². The van der Waals surface area contributed by atoms with E-state index in [1.807, 2.05) is 10.7 Å². The van der Waals surface area contributed by atoms with Gasteiger partial charge in [-0.15, -0.1) is 0 Å². The maximum atomic E-state index is 13.7. The summed E-state index contributed by atoms with van der Waals surface area (Å²) >= 11 is 0. The molecule has 0 radical (unpaired) electrons. The second kappa shape index (κ2) is 4.11. The van der Waals surface area contributed by atoms with Gasteiger partial charge in [-0.2, -0.15) is 5.10 Å². The monoisotopic (exact) mass is 196 g/mol. The van der Waals surface area contributed by atoms with Crippen LogP contribution in [0.5, 0.6) is 0 Å². The second-order valence-electron chi connectivity index (χ2n) is 3.99. The highest BCUT2D eigenvalue weighted by molar-refractivity contribution is 5.02. The molecule has 2 nitrogen and oxygen atoms in total. The van der Waals surface area contributed by atoms with Crippen LogP contribution in [-0.4, -0.2) is 16.0 Å². The third-order valence-corrected chi connectivity index (χ3v) is 3.08. The first kappa shape index (κ1) is 9.69. The van der Waals surface area contributed by atoms with Gasteiger partial charge in [0.05, 0.1) is 6.04 Å². The minimum absolute atomic E-state index is 0.00583. The van der Waals surface area contributed by atoms with Crippen molar-refractivity contribution in [3.05, 3.63) is 18.0 Å². The molecular weight excluding hydrogens is 179 g/mol. The number of aryl methyl sites for hydroxylation is 1. The van der Waals surface area contributed by atoms with Gasteiger partial charge in [0.1, 0.15) is 6.17 Å². The van der Waals surface area contributed by atoms with E-state index in [-0.39, 0.29) is 6.04 Å². The average molecular weight is 196 g/mol. The Balaban J connectivity index is 2.20. The summed E-state index contributed by atoms with van der Waals surface area (Å²) in [5.74, 6) is 0. The van der Waals surface area contributed by atoms with Crippen LogP contribution < -0.4 is 0 Å². The van der Waals surface area contributed by atoms with Crippen molar-refractivity contribution in [3.8, 4) is 0 Å². The van der Waals surface area contributed by atoms with Gasteiger partial charge in [0.2, 0.25) is 0 Å². The fraction of sp³-hybridized carbons (Fsp3) is 0.727. The van der Waals surface area contributed by atoms with E-state index in [9.17, 15) is 4.39 Å². The molecule has 0 bridgehead atoms. The van der Waals surface area contributed by atoms with E-state index >= 15 is 0 Å². The normalized spacial score (nSPS) is 27.9. The van der Waals surface area contributed by atoms with Crippen molar-refractivity contribution >= 4 is 0 Å². The molecule has 14 heavy (non-hydrogen) atoms. The molecule has 0 spiro atoms. The molecule has 0 amide bonds. The Morgan fingerprint density at radius 3 is 3.00 bits per heavy atom. The summed E-state index contributed by atoms with van der Waals surface area (Å²) in [6.45, 7) is 2.09. The lowest BCUT2D eigenvalue weighted by Gasteiger charge is -2.27. The van der Waals surface area contributed by atoms with E-state index in [4.69, 9.17) is 0 Å². The molecule has 0 aliphatic heterocycles. The van der Waals surface area contributed by atoms with E-state index in [2.05, 4.69) is 12.0 Å². The Morgan fingerprint density at radius 2 is 2.29 bits per heavy atom. The second-order valence-corrected chi connectivity index (χ2v) is 3.99. The summed E-state index contributed by atoms with van der Waals surface area (Å²) in [7, 11) is 0. The van der Waals surface area contributed by atoms with Crippen LogP contribution >= 0.6 is 0 Å². The number of alkyl halides is 1. The van der Waals surface area contributed by atoms with Crippen molar-refractivity contribution in [2.24, 2.45) is 0 Å². The molecule has 1 aromatic rings. The highest BCUT2D eigenvalue weighted by Crippen LogP contribution is 2.31. The highest BCUT2D eigenvalue weighted by Gasteiger charge is 2.27. The molecule has 0 N–H and O–H groups in total. The molecule has 1 aliphatic carbocycles. The SMILES string of the molecule is CCc1ccnn1C1CCCCC1F. The minimum Gasteiger partial charge on any atom is -0.264 e. The molecule has 1 saturated carbocycles. The van der Waals surface area contributed by atoms with E-state index in [1.54, 1.807) is 6.20 Å². The van der Waals surface area contributed by atoms with Crippen molar-refractivity contribution in [2.45, 2.75) is 51.2 Å². The molecule has 78 valence electrons. The zero-order chi connectivity index (χ0) is 9.97. The molecular formula is C11H17FN2. The fourth-order valence-electron chi connectivity index (χ4n) is 2.26. The molecule has 3 heteroatoms. The van der Waals surface area contributed by atoms with E-state index < -0.39 is 6.17 Å². The zero-order valence-corrected chi connectivity index (χ0v) is 8.62. The zero-order valence-electron chi connectivity index (χ0n) is 8.62. The van der Waals surface area contributed by atoms with Crippen LogP contribution in [0.4, 0.5) is 4.39 Å². The first-order valence-electron chi connectivity index (χ1n) is 5.49. The summed E-state index contributed by atoms with van der Waals surface area (Å²) < 4.78 is 15.6. The van der Waals surface area contributed by atoms with Crippen LogP contribution in [-0.2, 0) is 6.42 Å². The van der Waals surface area contributed by atoms with Gasteiger partial charge in [0, 0.05) is 11.9 Å². The molecule has 0 aromatic carbocycles. The van der Waals surface area contributed by atoms with Crippen molar-refractivity contribution in [1.82, 2.24) is 9.78 Å². The number of hydrogen-bond acceptors (Lipinski definition) is 1. The lowest BCUT2D eigenvalue weighted by molar-refractivity contribution is 0.157. The highest BCUT2D eigenvalue weighted by atomic mass is 19.1. The lowest BCUT2D eigenvalue weighted by Crippen LogP contribution is -2.26. The van der Waals surface area contributed by atoms with Crippen LogP contribution in [0.2, 0.25) is 0 Å². The molecule has 2 rings (SSSR count). The summed E-state index contributed by atoms with van der Waals surface area (Å²) in [6.07, 6.45) is 5.82. The molecule has 1 fully saturated rings. The van der Waals surface area contributed by atoms with Crippen molar-refractivity contribution < 1.29 is 4.39 Å². The van der Waals surface area contributed by atoms with Gasteiger partial charge in [-0.3, -0.25) is 4.68 Å². The molecule has 1 aliphatic rings. The van der Waals surface area contributed by atoms with Gasteiger partial charge in [-0.05, 0) is 25.3 Å². The molecule has 1 aromatic heterocycles. The van der Waals surface area contributed by atoms with E-state index in [0.717, 1.165) is 31.4 Å². The van der Waals surface area contributed by atoms with Gasteiger partial charge in [0.25, 0.3) is 0 Å². The van der Waals surface area contributed by atoms with Gasteiger partial charge in [-0.25, -0.2) is 4.39 Å². The van der Waals surface area contributed by atoms with E-state index in [0.29, 0.717) is 6.42 Å². The smallest absolute Gasteiger partial charge is 0.122 e. The third-order valence-electron chi connectivity index (χ3n) is 3.08. The quantitative estimate of drug-likeness (QED) is 0.711. The Bertz CT molecular complexity index is 295. The van der Waals surface area contributed by atoms with Crippen molar-refractivity contribution in [3.63, 3.8) is 0 Å². The summed E-state index contributed by atoms with van der Waals surface area (Å²) in [6, 6.07) is 1.98. The summed E-state index contributed by atoms with van der Waals surface area (Å²) in [4.78, 5) is 0. The van der Waals surface area contributed by atoms with Gasteiger partial charge in [0.15, 0.2) is 0 Å². The third kappa shape index (κ3) is 1.68. The number of halogens is 1. The number of nitrogens with zero attached hydrogens (tertiary/aromatic N) is 2. The van der Waals surface area contributed by atoms with Crippen molar-refractivity contribution in [2.75, 3.05) is 0 Å². The number of hydrogen-bond donors (Lipinski definition) is 0. The fourth-order valence-corrected chi connectivity index (χ4v) is 2.26. The molecule has 1 heterocycles. The largest absolute Gasteiger partial charge is 0.264 e. The number of rotatable bonds is 2. The van der Waals surface area contributed by atoms with Gasteiger partial charge < -0.3 is 0 Å². The van der Waals surface area contributed by atoms with Crippen LogP contribution in [0, 0.1) is 0 Å². The predicted molar refractivity (Wildman–Crippen MR) is 54.0 cm³/mol. The van der Waals surface area contributed by atoms with Gasteiger partial charge in [-0.1, -0.05) is 19.8 Å². The predicted octanol–water partition coefficient (Wildman–Crippen LogP) is 2.90. The Morgan fingerprint density at radius 1 is 1.50 bits per heavy atom. The Kier molecular flexibility index (Phi) is 2.85. The van der Waals surface area contributed by atoms with Crippen LogP contribution in [0.3, 0.4) is 0 Å². The Hall–Kier alpha value is -0.860. The standard InChI is InChI=1S/C11H17FN2/c1-2-9-7-8-13-14(9)11-6-4-3-5-10(11)12/h7-8,10-11H,2-6H2,1H3. The number of aromatic nitrogens is 2. The van der Waals surface area contributed by atoms with Crippen LogP contribution in [0.1, 0.15) is 44.3 Å². The maximum Gasteiger partial charge on any atom is 0.122 e. The maximum absolute atomic E-state index is 13.7. The van der Waals surface area contributed by atoms with Gasteiger partial charge >= 0.3 is 0 Å². The summed E-state index contributed by atoms with van der Waals surface area (Å²) in [5.41, 5.74) is 1.15. The Labute approximate surface area is 84.1 Å². The first-order valence-corrected chi connectivity index (χ1v) is 5.49. The topological polar surface area (TPSA) is 17.8 Å². The molecule has 2 unspecified atom stereocenters. The van der Waals surface area contributed by atoms with E-state index in [1.165, 1.54) is 0 Å². The first-order chi connectivity index (χ1) is 6.83. The molecule has 0 saturated heterocycles.